The number of fused-ring (bicyclic) bond motifs is 1. The van der Waals surface area contributed by atoms with Crippen molar-refractivity contribution in [3.63, 3.8) is 0 Å². The first-order chi connectivity index (χ1) is 20.8. The minimum absolute atomic E-state index is 0.0792. The summed E-state index contributed by atoms with van der Waals surface area (Å²) in [5.41, 5.74) is 3.34. The fraction of sp³-hybridized carbons (Fsp3) is 0.176. The zero-order valence-corrected chi connectivity index (χ0v) is 24.1. The van der Waals surface area contributed by atoms with Crippen LogP contribution in [-0.4, -0.2) is 49.2 Å². The number of hydrogen-bond acceptors (Lipinski definition) is 6. The maximum absolute atomic E-state index is 14.3. The van der Waals surface area contributed by atoms with Gasteiger partial charge < -0.3 is 19.7 Å². The summed E-state index contributed by atoms with van der Waals surface area (Å²) >= 11 is 0. The number of benzene rings is 4. The summed E-state index contributed by atoms with van der Waals surface area (Å²) < 4.78 is 10.8. The zero-order chi connectivity index (χ0) is 30.5. The lowest BCUT2D eigenvalue weighted by Crippen LogP contribution is -2.46. The number of ketones is 1. The van der Waals surface area contributed by atoms with E-state index in [-0.39, 0.29) is 12.1 Å². The molecule has 43 heavy (non-hydrogen) atoms. The van der Waals surface area contributed by atoms with Crippen molar-refractivity contribution in [3.8, 4) is 11.5 Å². The first kappa shape index (κ1) is 29.1. The van der Waals surface area contributed by atoms with Crippen LogP contribution in [0.5, 0.6) is 11.5 Å². The van der Waals surface area contributed by atoms with Crippen LogP contribution in [0.4, 0.5) is 11.4 Å². The third-order valence-electron chi connectivity index (χ3n) is 7.44. The fourth-order valence-electron chi connectivity index (χ4n) is 5.14. The average Bonchev–Trinajstić information content (AvgIpc) is 3.27. The molecule has 0 saturated carbocycles. The topological polar surface area (TPSA) is 105 Å². The molecule has 0 bridgehead atoms. The van der Waals surface area contributed by atoms with Gasteiger partial charge in [0.1, 0.15) is 24.1 Å². The second kappa shape index (κ2) is 12.6. The predicted octanol–water partition coefficient (Wildman–Crippen LogP) is 4.95. The molecule has 1 aliphatic heterocycles. The number of carbonyl (C=O) groups is 4. The summed E-state index contributed by atoms with van der Waals surface area (Å²) in [6.07, 6.45) is 0. The van der Waals surface area contributed by atoms with Crippen molar-refractivity contribution >= 4 is 34.9 Å². The highest BCUT2D eigenvalue weighted by Gasteiger charge is 2.39. The molecule has 0 spiro atoms. The minimum Gasteiger partial charge on any atom is -0.497 e. The maximum Gasteiger partial charge on any atom is 0.299 e. The number of nitrogens with one attached hydrogen (secondary N) is 1. The van der Waals surface area contributed by atoms with Gasteiger partial charge in [-0.05, 0) is 47.9 Å². The van der Waals surface area contributed by atoms with Crippen molar-refractivity contribution in [2.75, 3.05) is 31.0 Å². The van der Waals surface area contributed by atoms with Gasteiger partial charge in [-0.15, -0.1) is 0 Å². The Morgan fingerprint density at radius 1 is 0.860 bits per heavy atom. The molecule has 1 heterocycles. The summed E-state index contributed by atoms with van der Waals surface area (Å²) in [6, 6.07) is 27.0. The second-order valence-corrected chi connectivity index (χ2v) is 10.1. The van der Waals surface area contributed by atoms with Crippen LogP contribution >= 0.6 is 0 Å². The minimum atomic E-state index is -1.09. The molecule has 0 radical (unpaired) electrons. The second-order valence-electron chi connectivity index (χ2n) is 10.1. The fourth-order valence-corrected chi connectivity index (χ4v) is 5.14. The molecule has 4 aromatic carbocycles. The van der Waals surface area contributed by atoms with Crippen LogP contribution in [0.2, 0.25) is 0 Å². The third-order valence-corrected chi connectivity index (χ3v) is 7.44. The van der Waals surface area contributed by atoms with Crippen molar-refractivity contribution in [1.82, 2.24) is 4.90 Å². The van der Waals surface area contributed by atoms with E-state index in [0.29, 0.717) is 28.4 Å². The molecule has 0 saturated heterocycles. The van der Waals surface area contributed by atoms with Crippen molar-refractivity contribution in [2.45, 2.75) is 19.5 Å². The van der Waals surface area contributed by atoms with Crippen molar-refractivity contribution in [2.24, 2.45) is 0 Å². The molecule has 1 aliphatic rings. The highest BCUT2D eigenvalue weighted by atomic mass is 16.5. The molecule has 0 aliphatic carbocycles. The number of aryl methyl sites for hydroxylation is 1. The van der Waals surface area contributed by atoms with E-state index in [0.717, 1.165) is 11.1 Å². The number of anilines is 2. The van der Waals surface area contributed by atoms with E-state index in [1.165, 1.54) is 24.0 Å². The summed E-state index contributed by atoms with van der Waals surface area (Å²) in [5, 5.41) is 2.92. The molecule has 1 N–H and O–H groups in total. The number of carbonyl (C=O) groups excluding carboxylic acids is 4. The van der Waals surface area contributed by atoms with Crippen LogP contribution in [0.15, 0.2) is 97.1 Å². The van der Waals surface area contributed by atoms with Crippen molar-refractivity contribution < 1.29 is 28.7 Å². The molecule has 1 atom stereocenters. The van der Waals surface area contributed by atoms with Gasteiger partial charge >= 0.3 is 0 Å². The maximum atomic E-state index is 14.3. The van der Waals surface area contributed by atoms with Crippen LogP contribution in [0.1, 0.15) is 33.1 Å². The highest BCUT2D eigenvalue weighted by Crippen LogP contribution is 2.33. The Morgan fingerprint density at radius 2 is 1.56 bits per heavy atom. The van der Waals surface area contributed by atoms with Gasteiger partial charge in [0.25, 0.3) is 17.6 Å². The smallest absolute Gasteiger partial charge is 0.299 e. The molecular formula is C34H31N3O6. The Kier molecular flexibility index (Phi) is 8.52. The molecule has 0 fully saturated rings. The van der Waals surface area contributed by atoms with E-state index >= 15 is 0 Å². The summed E-state index contributed by atoms with van der Waals surface area (Å²) in [4.78, 5) is 56.7. The zero-order valence-electron chi connectivity index (χ0n) is 24.1. The number of ether oxygens (including phenoxy) is 2. The van der Waals surface area contributed by atoms with Crippen molar-refractivity contribution in [1.29, 1.82) is 0 Å². The van der Waals surface area contributed by atoms with Gasteiger partial charge in [-0.2, -0.15) is 0 Å². The molecule has 0 aromatic heterocycles. The normalized spacial score (nSPS) is 12.9. The summed E-state index contributed by atoms with van der Waals surface area (Å²) in [7, 11) is 3.02. The average molecular weight is 578 g/mol. The van der Waals surface area contributed by atoms with E-state index in [2.05, 4.69) is 5.32 Å². The molecule has 5 rings (SSSR count). The molecule has 1 unspecified atom stereocenters. The first-order valence-electron chi connectivity index (χ1n) is 13.7. The van der Waals surface area contributed by atoms with Gasteiger partial charge in [0.15, 0.2) is 0 Å². The van der Waals surface area contributed by atoms with E-state index in [9.17, 15) is 19.2 Å². The number of rotatable bonds is 10. The Morgan fingerprint density at radius 3 is 2.28 bits per heavy atom. The van der Waals surface area contributed by atoms with E-state index in [1.54, 1.807) is 66.7 Å². The summed E-state index contributed by atoms with van der Waals surface area (Å²) in [6.45, 7) is 1.59. The van der Waals surface area contributed by atoms with Crippen LogP contribution in [0.3, 0.4) is 0 Å². The van der Waals surface area contributed by atoms with Gasteiger partial charge in [-0.3, -0.25) is 24.1 Å². The molecule has 9 nitrogen and oxygen atoms in total. The Labute approximate surface area is 249 Å². The van der Waals surface area contributed by atoms with Crippen LogP contribution in [0.25, 0.3) is 0 Å². The standard InChI is InChI=1S/C34H31N3O6/c1-22-11-7-8-14-24(22)20-37(30(38)21-36-28-16-10-9-15-26(28)32(39)34(36)41)31(23-12-5-4-6-13-23)33(40)35-27-18-17-25(42-2)19-29(27)43-3/h4-19,31H,20-21H2,1-3H3,(H,35,40). The van der Waals surface area contributed by atoms with Gasteiger partial charge in [-0.1, -0.05) is 66.7 Å². The van der Waals surface area contributed by atoms with Gasteiger partial charge in [0.2, 0.25) is 5.91 Å². The number of amides is 3. The predicted molar refractivity (Wildman–Crippen MR) is 162 cm³/mol. The van der Waals surface area contributed by atoms with E-state index in [4.69, 9.17) is 9.47 Å². The van der Waals surface area contributed by atoms with Gasteiger partial charge in [0.05, 0.1) is 31.2 Å². The number of methoxy groups -OCH3 is 2. The third kappa shape index (κ3) is 5.97. The van der Waals surface area contributed by atoms with Crippen LogP contribution < -0.4 is 19.7 Å². The van der Waals surface area contributed by atoms with Gasteiger partial charge in [-0.25, -0.2) is 0 Å². The number of para-hydroxylation sites is 1. The highest BCUT2D eigenvalue weighted by molar-refractivity contribution is 6.52. The molecule has 218 valence electrons. The lowest BCUT2D eigenvalue weighted by molar-refractivity contribution is -0.139. The summed E-state index contributed by atoms with van der Waals surface area (Å²) in [5.74, 6) is -1.51. The first-order valence-corrected chi connectivity index (χ1v) is 13.7. The quantitative estimate of drug-likeness (QED) is 0.268. The van der Waals surface area contributed by atoms with Crippen molar-refractivity contribution in [3.05, 3.63) is 119 Å². The van der Waals surface area contributed by atoms with E-state index in [1.807, 2.05) is 37.3 Å². The number of nitrogens with zero attached hydrogens (tertiary/aromatic N) is 2. The SMILES string of the molecule is COc1ccc(NC(=O)C(c2ccccc2)N(Cc2ccccc2C)C(=O)CN2C(=O)C(=O)c3ccccc32)c(OC)c1. The Bertz CT molecular complexity index is 1690. The number of Topliss-reactive ketones (excluding diaryl/α,β-unsaturated/α-hetero) is 1. The number of hydrogen-bond donors (Lipinski definition) is 1. The monoisotopic (exact) mass is 577 g/mol. The Balaban J connectivity index is 1.56. The molecule has 4 aromatic rings. The van der Waals surface area contributed by atoms with Crippen LogP contribution in [-0.2, 0) is 20.9 Å². The molecule has 3 amide bonds. The molecular weight excluding hydrogens is 546 g/mol. The lowest BCUT2D eigenvalue weighted by Gasteiger charge is -2.33. The van der Waals surface area contributed by atoms with E-state index < -0.39 is 36.1 Å². The molecule has 9 heteroatoms. The lowest BCUT2D eigenvalue weighted by atomic mass is 10.0. The van der Waals surface area contributed by atoms with Gasteiger partial charge in [0, 0.05) is 12.6 Å². The van der Waals surface area contributed by atoms with Crippen LogP contribution in [0, 0.1) is 6.92 Å². The Hall–Kier alpha value is -5.44. The largest absolute Gasteiger partial charge is 0.497 e.